The molecule has 220 valence electrons. The first-order valence-corrected chi connectivity index (χ1v) is 14.4. The molecule has 2 N–H and O–H groups in total. The highest BCUT2D eigenvalue weighted by Crippen LogP contribution is 2.31. The van der Waals surface area contributed by atoms with Crippen molar-refractivity contribution in [3.05, 3.63) is 64.2 Å². The minimum atomic E-state index is -0.880. The van der Waals surface area contributed by atoms with Crippen LogP contribution in [0.5, 0.6) is 0 Å². The van der Waals surface area contributed by atoms with Gasteiger partial charge in [0, 0.05) is 12.2 Å². The number of benzene rings is 2. The summed E-state index contributed by atoms with van der Waals surface area (Å²) in [5.41, 5.74) is 4.60. The minimum absolute atomic E-state index is 0.124. The number of amides is 3. The van der Waals surface area contributed by atoms with Crippen LogP contribution >= 0.6 is 0 Å². The van der Waals surface area contributed by atoms with Crippen LogP contribution in [0.4, 0.5) is 10.5 Å². The first-order chi connectivity index (χ1) is 18.7. The van der Waals surface area contributed by atoms with Gasteiger partial charge in [-0.05, 0) is 95.0 Å². The van der Waals surface area contributed by atoms with E-state index in [9.17, 15) is 14.4 Å². The molecule has 0 spiro atoms. The highest BCUT2D eigenvalue weighted by Gasteiger charge is 2.37. The number of hydrogen-bond acceptors (Lipinski definition) is 4. The molecule has 2 unspecified atom stereocenters. The van der Waals surface area contributed by atoms with Gasteiger partial charge in [-0.3, -0.25) is 9.59 Å². The third-order valence-corrected chi connectivity index (χ3v) is 6.84. The molecule has 2 aromatic rings. The largest absolute Gasteiger partial charge is 0.444 e. The van der Waals surface area contributed by atoms with Crippen LogP contribution in [-0.2, 0) is 14.3 Å². The molecule has 0 aliphatic carbocycles. The molecular formula is C33H49N3O4. The molecule has 2 rings (SSSR count). The first kappa shape index (κ1) is 32.9. The lowest BCUT2D eigenvalue weighted by molar-refractivity contribution is -0.141. The van der Waals surface area contributed by atoms with E-state index in [1.807, 2.05) is 77.9 Å². The number of nitrogens with zero attached hydrogens (tertiary/aromatic N) is 1. The van der Waals surface area contributed by atoms with Gasteiger partial charge in [0.15, 0.2) is 0 Å². The molecule has 0 saturated carbocycles. The summed E-state index contributed by atoms with van der Waals surface area (Å²) in [5, 5.41) is 5.97. The van der Waals surface area contributed by atoms with E-state index in [-0.39, 0.29) is 17.7 Å². The molecular weight excluding hydrogens is 502 g/mol. The lowest BCUT2D eigenvalue weighted by Crippen LogP contribution is -2.53. The van der Waals surface area contributed by atoms with E-state index in [2.05, 4.69) is 17.6 Å². The van der Waals surface area contributed by atoms with Crippen LogP contribution in [0.15, 0.2) is 36.4 Å². The second kappa shape index (κ2) is 14.3. The van der Waals surface area contributed by atoms with E-state index in [1.54, 1.807) is 25.7 Å². The predicted molar refractivity (Wildman–Crippen MR) is 162 cm³/mol. The quantitative estimate of drug-likeness (QED) is 0.310. The fraction of sp³-hybridized carbons (Fsp3) is 0.545. The molecule has 0 radical (unpaired) electrons. The van der Waals surface area contributed by atoms with E-state index in [0.29, 0.717) is 19.4 Å². The summed E-state index contributed by atoms with van der Waals surface area (Å²) in [6.45, 7) is 19.6. The molecule has 0 fully saturated rings. The van der Waals surface area contributed by atoms with Crippen molar-refractivity contribution in [3.8, 4) is 0 Å². The predicted octanol–water partition coefficient (Wildman–Crippen LogP) is 7.17. The Kier molecular flexibility index (Phi) is 11.8. The number of unbranched alkanes of at least 4 members (excludes halogenated alkanes) is 1. The molecule has 0 heterocycles. The van der Waals surface area contributed by atoms with E-state index in [1.165, 1.54) is 0 Å². The zero-order valence-corrected chi connectivity index (χ0v) is 26.1. The van der Waals surface area contributed by atoms with Gasteiger partial charge in [0.05, 0.1) is 0 Å². The number of hydrogen-bond donors (Lipinski definition) is 2. The maximum atomic E-state index is 14.4. The third-order valence-electron chi connectivity index (χ3n) is 6.84. The number of carbonyl (C=O) groups is 3. The number of aryl methyl sites for hydroxylation is 4. The average molecular weight is 552 g/mol. The van der Waals surface area contributed by atoms with Gasteiger partial charge >= 0.3 is 6.09 Å². The number of alkyl carbamates (subject to hydrolysis) is 1. The van der Waals surface area contributed by atoms with E-state index in [0.717, 1.165) is 39.9 Å². The summed E-state index contributed by atoms with van der Waals surface area (Å²) in [4.78, 5) is 43.1. The fourth-order valence-electron chi connectivity index (χ4n) is 4.93. The van der Waals surface area contributed by atoms with E-state index >= 15 is 0 Å². The number of anilines is 1. The van der Waals surface area contributed by atoms with Crippen molar-refractivity contribution < 1.29 is 19.1 Å². The van der Waals surface area contributed by atoms with Crippen molar-refractivity contribution in [3.63, 3.8) is 0 Å². The Balaban J connectivity index is 2.64. The molecule has 0 aliphatic heterocycles. The van der Waals surface area contributed by atoms with Gasteiger partial charge in [-0.15, -0.1) is 0 Å². The van der Waals surface area contributed by atoms with Crippen molar-refractivity contribution in [1.29, 1.82) is 0 Å². The number of nitrogens with one attached hydrogen (secondary N) is 2. The van der Waals surface area contributed by atoms with Gasteiger partial charge in [-0.25, -0.2) is 4.79 Å². The molecule has 0 aromatic heterocycles. The van der Waals surface area contributed by atoms with Gasteiger partial charge in [0.2, 0.25) is 5.91 Å². The molecule has 7 nitrogen and oxygen atoms in total. The third kappa shape index (κ3) is 9.10. The molecule has 3 amide bonds. The summed E-state index contributed by atoms with van der Waals surface area (Å²) in [5.74, 6) is -0.448. The average Bonchev–Trinajstić information content (AvgIpc) is 2.83. The molecule has 7 heteroatoms. The zero-order valence-electron chi connectivity index (χ0n) is 26.1. The Morgan fingerprint density at radius 3 is 1.90 bits per heavy atom. The molecule has 0 saturated heterocycles. The number of ether oxygens (including phenoxy) is 1. The Hall–Kier alpha value is -3.35. The zero-order chi connectivity index (χ0) is 30.2. The van der Waals surface area contributed by atoms with Crippen LogP contribution in [0.2, 0.25) is 0 Å². The second-order valence-corrected chi connectivity index (χ2v) is 12.2. The fourth-order valence-corrected chi connectivity index (χ4v) is 4.93. The highest BCUT2D eigenvalue weighted by atomic mass is 16.6. The normalized spacial score (nSPS) is 13.0. The van der Waals surface area contributed by atoms with Gasteiger partial charge < -0.3 is 20.3 Å². The summed E-state index contributed by atoms with van der Waals surface area (Å²) in [6.07, 6.45) is 1.32. The lowest BCUT2D eigenvalue weighted by Gasteiger charge is -2.36. The molecule has 0 bridgehead atoms. The van der Waals surface area contributed by atoms with Crippen LogP contribution in [0.1, 0.15) is 94.7 Å². The van der Waals surface area contributed by atoms with Gasteiger partial charge in [-0.2, -0.15) is 0 Å². The maximum absolute atomic E-state index is 14.4. The lowest BCUT2D eigenvalue weighted by atomic mass is 9.92. The van der Waals surface area contributed by atoms with Crippen LogP contribution in [0.25, 0.3) is 0 Å². The smallest absolute Gasteiger partial charge is 0.408 e. The summed E-state index contributed by atoms with van der Waals surface area (Å²) >= 11 is 0. The van der Waals surface area contributed by atoms with Crippen molar-refractivity contribution in [2.24, 2.45) is 5.92 Å². The Morgan fingerprint density at radius 2 is 1.43 bits per heavy atom. The summed E-state index contributed by atoms with van der Waals surface area (Å²) in [7, 11) is 0. The number of rotatable bonds is 11. The van der Waals surface area contributed by atoms with Crippen molar-refractivity contribution in [1.82, 2.24) is 10.2 Å². The summed E-state index contributed by atoms with van der Waals surface area (Å²) in [6, 6.07) is 10.0. The minimum Gasteiger partial charge on any atom is -0.444 e. The van der Waals surface area contributed by atoms with Crippen LogP contribution in [0.3, 0.4) is 0 Å². The van der Waals surface area contributed by atoms with Gasteiger partial charge in [0.25, 0.3) is 5.91 Å². The van der Waals surface area contributed by atoms with Crippen molar-refractivity contribution in [2.45, 2.75) is 106 Å². The highest BCUT2D eigenvalue weighted by molar-refractivity contribution is 6.00. The monoisotopic (exact) mass is 551 g/mol. The Bertz CT molecular complexity index is 1140. The topological polar surface area (TPSA) is 87.7 Å². The number of para-hydroxylation sites is 1. The van der Waals surface area contributed by atoms with Crippen molar-refractivity contribution in [2.75, 3.05) is 11.9 Å². The molecule has 2 atom stereocenters. The second-order valence-electron chi connectivity index (χ2n) is 12.2. The van der Waals surface area contributed by atoms with E-state index in [4.69, 9.17) is 4.74 Å². The Labute approximate surface area is 241 Å². The molecule has 40 heavy (non-hydrogen) atoms. The maximum Gasteiger partial charge on any atom is 0.408 e. The van der Waals surface area contributed by atoms with Crippen molar-refractivity contribution >= 4 is 23.6 Å². The van der Waals surface area contributed by atoms with Crippen LogP contribution in [0, 0.1) is 33.6 Å². The summed E-state index contributed by atoms with van der Waals surface area (Å²) < 4.78 is 5.50. The first-order valence-electron chi connectivity index (χ1n) is 14.4. The SMILES string of the molecule is CCCCN(C(=O)C(CC(C)C)NC(=O)OC(C)(C)C)C(C(=O)Nc1c(C)cccc1C)c1c(C)cccc1C. The van der Waals surface area contributed by atoms with E-state index < -0.39 is 23.8 Å². The van der Waals surface area contributed by atoms with Gasteiger partial charge in [0.1, 0.15) is 17.7 Å². The molecule has 0 aliphatic rings. The molecule has 2 aromatic carbocycles. The standard InChI is InChI=1S/C33H49N3O4/c1-11-12-19-36(31(38)26(20-21(2)3)34-32(39)40-33(8,9)10)29(27-22(4)15-13-16-23(27)5)30(37)35-28-24(6)17-14-18-25(28)7/h13-18,21,26,29H,11-12,19-20H2,1-10H3,(H,34,39)(H,35,37). The van der Waals surface area contributed by atoms with Crippen LogP contribution in [-0.4, -0.2) is 41.0 Å². The van der Waals surface area contributed by atoms with Gasteiger partial charge in [-0.1, -0.05) is 63.6 Å². The number of carbonyl (C=O) groups excluding carboxylic acids is 3. The Morgan fingerprint density at radius 1 is 0.900 bits per heavy atom. The van der Waals surface area contributed by atoms with Crippen LogP contribution < -0.4 is 10.6 Å².